The van der Waals surface area contributed by atoms with Crippen molar-refractivity contribution in [3.63, 3.8) is 0 Å². The molecule has 0 spiro atoms. The van der Waals surface area contributed by atoms with Crippen LogP contribution < -0.4 is 21.7 Å². The number of nitrogens with one attached hydrogen (secondary N) is 3. The molecule has 0 aliphatic carbocycles. The van der Waals surface area contributed by atoms with Crippen molar-refractivity contribution in [3.05, 3.63) is 29.8 Å². The highest BCUT2D eigenvalue weighted by Crippen LogP contribution is 2.24. The lowest BCUT2D eigenvalue weighted by Crippen LogP contribution is -2.44. The summed E-state index contributed by atoms with van der Waals surface area (Å²) in [7, 11) is 0. The number of anilines is 1. The van der Waals surface area contributed by atoms with Crippen molar-refractivity contribution in [1.82, 2.24) is 10.6 Å². The fraction of sp³-hybridized carbons (Fsp3) is 0.385. The van der Waals surface area contributed by atoms with Gasteiger partial charge < -0.3 is 21.7 Å². The summed E-state index contributed by atoms with van der Waals surface area (Å²) < 4.78 is 0. The van der Waals surface area contributed by atoms with Crippen LogP contribution in [0.3, 0.4) is 0 Å². The van der Waals surface area contributed by atoms with Gasteiger partial charge >= 0.3 is 6.03 Å². The van der Waals surface area contributed by atoms with E-state index in [0.717, 1.165) is 18.5 Å². The molecule has 3 amide bonds. The molecule has 102 valence electrons. The molecular weight excluding hydrogens is 244 g/mol. The third-order valence-corrected chi connectivity index (χ3v) is 3.09. The number of amides is 3. The molecule has 6 nitrogen and oxygen atoms in total. The van der Waals surface area contributed by atoms with Gasteiger partial charge in [-0.15, -0.1) is 0 Å². The van der Waals surface area contributed by atoms with Crippen molar-refractivity contribution in [2.24, 2.45) is 5.73 Å². The van der Waals surface area contributed by atoms with Crippen LogP contribution in [-0.2, 0) is 11.2 Å². The van der Waals surface area contributed by atoms with E-state index in [1.165, 1.54) is 5.56 Å². The van der Waals surface area contributed by atoms with Gasteiger partial charge in [-0.1, -0.05) is 18.2 Å². The van der Waals surface area contributed by atoms with Crippen LogP contribution in [0.5, 0.6) is 0 Å². The van der Waals surface area contributed by atoms with Crippen molar-refractivity contribution in [1.29, 1.82) is 0 Å². The molecule has 0 saturated heterocycles. The first-order valence-electron chi connectivity index (χ1n) is 6.32. The maximum atomic E-state index is 11.9. The standard InChI is InChI=1S/C13H18N4O2/c14-13(19)16-8-7-15-12(18)11-6-5-9-3-1-2-4-10(9)17-11/h1-4,11,17H,5-8H2,(H,15,18)(H3,14,16,19). The Morgan fingerprint density at radius 1 is 1.26 bits per heavy atom. The second-order valence-electron chi connectivity index (χ2n) is 4.47. The normalized spacial score (nSPS) is 16.9. The highest BCUT2D eigenvalue weighted by molar-refractivity contribution is 5.85. The molecular formula is C13H18N4O2. The molecule has 1 aliphatic heterocycles. The minimum absolute atomic E-state index is 0.0548. The molecule has 1 aromatic carbocycles. The summed E-state index contributed by atoms with van der Waals surface area (Å²) in [6.07, 6.45) is 1.66. The van der Waals surface area contributed by atoms with Gasteiger partial charge in [0.05, 0.1) is 0 Å². The van der Waals surface area contributed by atoms with Gasteiger partial charge in [-0.05, 0) is 24.5 Å². The van der Waals surface area contributed by atoms with Crippen molar-refractivity contribution < 1.29 is 9.59 Å². The summed E-state index contributed by atoms with van der Waals surface area (Å²) in [5, 5.41) is 8.41. The Labute approximate surface area is 111 Å². The lowest BCUT2D eigenvalue weighted by Gasteiger charge is -2.26. The lowest BCUT2D eigenvalue weighted by atomic mass is 9.98. The van der Waals surface area contributed by atoms with Gasteiger partial charge in [0.15, 0.2) is 0 Å². The first-order chi connectivity index (χ1) is 9.16. The SMILES string of the molecule is NC(=O)NCCNC(=O)C1CCc2ccccc2N1. The van der Waals surface area contributed by atoms with Crippen molar-refractivity contribution in [3.8, 4) is 0 Å². The first-order valence-corrected chi connectivity index (χ1v) is 6.32. The zero-order valence-corrected chi connectivity index (χ0v) is 10.6. The molecule has 0 radical (unpaired) electrons. The van der Waals surface area contributed by atoms with E-state index in [0.29, 0.717) is 13.1 Å². The van der Waals surface area contributed by atoms with Gasteiger partial charge in [0, 0.05) is 18.8 Å². The van der Waals surface area contributed by atoms with Crippen LogP contribution in [0.25, 0.3) is 0 Å². The van der Waals surface area contributed by atoms with Gasteiger partial charge in [0.1, 0.15) is 6.04 Å². The van der Waals surface area contributed by atoms with Crippen LogP contribution in [0, 0.1) is 0 Å². The number of urea groups is 1. The molecule has 1 aromatic rings. The Balaban J connectivity index is 1.80. The number of fused-ring (bicyclic) bond motifs is 1. The van der Waals surface area contributed by atoms with Gasteiger partial charge in [-0.25, -0.2) is 4.79 Å². The molecule has 5 N–H and O–H groups in total. The lowest BCUT2D eigenvalue weighted by molar-refractivity contribution is -0.122. The quantitative estimate of drug-likeness (QED) is 0.583. The number of para-hydroxylation sites is 1. The summed E-state index contributed by atoms with van der Waals surface area (Å²) in [6, 6.07) is 7.18. The highest BCUT2D eigenvalue weighted by Gasteiger charge is 2.22. The summed E-state index contributed by atoms with van der Waals surface area (Å²) >= 11 is 0. The predicted molar refractivity (Wildman–Crippen MR) is 72.8 cm³/mol. The number of hydrogen-bond donors (Lipinski definition) is 4. The molecule has 0 aromatic heterocycles. The first kappa shape index (κ1) is 13.2. The number of carbonyl (C=O) groups excluding carboxylic acids is 2. The van der Waals surface area contributed by atoms with E-state index in [9.17, 15) is 9.59 Å². The Morgan fingerprint density at radius 3 is 2.79 bits per heavy atom. The van der Waals surface area contributed by atoms with E-state index in [4.69, 9.17) is 5.73 Å². The Bertz CT molecular complexity index is 475. The Morgan fingerprint density at radius 2 is 2.00 bits per heavy atom. The third-order valence-electron chi connectivity index (χ3n) is 3.09. The van der Waals surface area contributed by atoms with E-state index in [1.54, 1.807) is 0 Å². The van der Waals surface area contributed by atoms with Crippen LogP contribution in [0.15, 0.2) is 24.3 Å². The highest BCUT2D eigenvalue weighted by atomic mass is 16.2. The summed E-state index contributed by atoms with van der Waals surface area (Å²) in [5.41, 5.74) is 7.19. The molecule has 6 heteroatoms. The maximum Gasteiger partial charge on any atom is 0.312 e. The molecule has 0 fully saturated rings. The van der Waals surface area contributed by atoms with Crippen LogP contribution in [-0.4, -0.2) is 31.1 Å². The van der Waals surface area contributed by atoms with Gasteiger partial charge in [0.2, 0.25) is 5.91 Å². The molecule has 1 heterocycles. The monoisotopic (exact) mass is 262 g/mol. The Kier molecular flexibility index (Phi) is 4.22. The molecule has 0 bridgehead atoms. The number of nitrogens with two attached hydrogens (primary N) is 1. The minimum Gasteiger partial charge on any atom is -0.373 e. The second-order valence-corrected chi connectivity index (χ2v) is 4.47. The fourth-order valence-corrected chi connectivity index (χ4v) is 2.13. The maximum absolute atomic E-state index is 11.9. The summed E-state index contributed by atoms with van der Waals surface area (Å²) in [5.74, 6) is -0.0548. The van der Waals surface area contributed by atoms with Crippen molar-refractivity contribution in [2.45, 2.75) is 18.9 Å². The second kappa shape index (κ2) is 6.08. The fourth-order valence-electron chi connectivity index (χ4n) is 2.13. The average Bonchev–Trinajstić information content (AvgIpc) is 2.42. The number of hydrogen-bond acceptors (Lipinski definition) is 3. The van der Waals surface area contributed by atoms with Gasteiger partial charge in [0.25, 0.3) is 0 Å². The summed E-state index contributed by atoms with van der Waals surface area (Å²) in [6.45, 7) is 0.714. The zero-order valence-electron chi connectivity index (χ0n) is 10.6. The van der Waals surface area contributed by atoms with Crippen molar-refractivity contribution >= 4 is 17.6 Å². The van der Waals surface area contributed by atoms with E-state index in [-0.39, 0.29) is 11.9 Å². The largest absolute Gasteiger partial charge is 0.373 e. The summed E-state index contributed by atoms with van der Waals surface area (Å²) in [4.78, 5) is 22.4. The smallest absolute Gasteiger partial charge is 0.312 e. The van der Waals surface area contributed by atoms with E-state index in [2.05, 4.69) is 22.0 Å². The molecule has 1 unspecified atom stereocenters. The van der Waals surface area contributed by atoms with Crippen LogP contribution in [0.4, 0.5) is 10.5 Å². The number of benzene rings is 1. The van der Waals surface area contributed by atoms with Crippen molar-refractivity contribution in [2.75, 3.05) is 18.4 Å². The molecule has 1 atom stereocenters. The minimum atomic E-state index is -0.584. The Hall–Kier alpha value is -2.24. The zero-order chi connectivity index (χ0) is 13.7. The number of carbonyl (C=O) groups is 2. The number of primary amides is 1. The molecule has 0 saturated carbocycles. The number of aryl methyl sites for hydroxylation is 1. The molecule has 2 rings (SSSR count). The molecule has 1 aliphatic rings. The molecule has 19 heavy (non-hydrogen) atoms. The average molecular weight is 262 g/mol. The van der Waals surface area contributed by atoms with Gasteiger partial charge in [-0.3, -0.25) is 4.79 Å². The van der Waals surface area contributed by atoms with Crippen LogP contribution >= 0.6 is 0 Å². The van der Waals surface area contributed by atoms with Crippen LogP contribution in [0.1, 0.15) is 12.0 Å². The topological polar surface area (TPSA) is 96.2 Å². The van der Waals surface area contributed by atoms with E-state index < -0.39 is 6.03 Å². The van der Waals surface area contributed by atoms with Crippen LogP contribution in [0.2, 0.25) is 0 Å². The van der Waals surface area contributed by atoms with Gasteiger partial charge in [-0.2, -0.15) is 0 Å². The third kappa shape index (κ3) is 3.61. The number of rotatable bonds is 4. The van der Waals surface area contributed by atoms with E-state index in [1.807, 2.05) is 18.2 Å². The predicted octanol–water partition coefficient (Wildman–Crippen LogP) is 0.198. The van der Waals surface area contributed by atoms with E-state index >= 15 is 0 Å².